The monoisotopic (exact) mass is 224 g/mol. The second kappa shape index (κ2) is 3.98. The number of nitrogens with two attached hydrogens (primary N) is 1. The first kappa shape index (κ1) is 9.49. The number of rotatable bonds is 2. The second-order valence-electron chi connectivity index (χ2n) is 2.90. The molecule has 0 aliphatic carbocycles. The Morgan fingerprint density at radius 2 is 2.29 bits per heavy atom. The zero-order valence-electron chi connectivity index (χ0n) is 7.40. The number of thiazole rings is 1. The fraction of sp³-hybridized carbons (Fsp3) is 0.100. The zero-order chi connectivity index (χ0) is 9.97. The van der Waals surface area contributed by atoms with Crippen molar-refractivity contribution in [1.29, 1.82) is 0 Å². The molecule has 0 saturated carbocycles. The van der Waals surface area contributed by atoms with Crippen molar-refractivity contribution >= 4 is 28.6 Å². The lowest BCUT2D eigenvalue weighted by Crippen LogP contribution is -1.85. The van der Waals surface area contributed by atoms with Crippen molar-refractivity contribution in [3.05, 3.63) is 35.3 Å². The molecule has 0 unspecified atom stereocenters. The van der Waals surface area contributed by atoms with Crippen molar-refractivity contribution in [2.24, 2.45) is 0 Å². The van der Waals surface area contributed by atoms with Gasteiger partial charge in [0.25, 0.3) is 0 Å². The summed E-state index contributed by atoms with van der Waals surface area (Å²) in [5.74, 6) is 0.457. The van der Waals surface area contributed by atoms with E-state index in [0.29, 0.717) is 5.88 Å². The van der Waals surface area contributed by atoms with E-state index < -0.39 is 0 Å². The van der Waals surface area contributed by atoms with E-state index in [2.05, 4.69) is 4.98 Å². The molecule has 0 bridgehead atoms. The molecule has 1 heterocycles. The Labute approximate surface area is 91.4 Å². The van der Waals surface area contributed by atoms with Crippen LogP contribution in [-0.4, -0.2) is 4.98 Å². The van der Waals surface area contributed by atoms with Gasteiger partial charge in [0, 0.05) is 16.6 Å². The largest absolute Gasteiger partial charge is 0.399 e. The van der Waals surface area contributed by atoms with Gasteiger partial charge >= 0.3 is 0 Å². The van der Waals surface area contributed by atoms with Gasteiger partial charge in [0.1, 0.15) is 5.01 Å². The van der Waals surface area contributed by atoms with Gasteiger partial charge in [-0.25, -0.2) is 4.98 Å². The van der Waals surface area contributed by atoms with Crippen LogP contribution in [0.2, 0.25) is 0 Å². The van der Waals surface area contributed by atoms with Crippen molar-refractivity contribution in [2.75, 3.05) is 5.73 Å². The van der Waals surface area contributed by atoms with E-state index in [1.54, 1.807) is 11.3 Å². The molecule has 0 saturated heterocycles. The van der Waals surface area contributed by atoms with Crippen molar-refractivity contribution in [3.8, 4) is 10.6 Å². The first-order valence-electron chi connectivity index (χ1n) is 4.16. The lowest BCUT2D eigenvalue weighted by atomic mass is 10.2. The number of hydrogen-bond acceptors (Lipinski definition) is 3. The lowest BCUT2D eigenvalue weighted by molar-refractivity contribution is 1.23. The Morgan fingerprint density at radius 1 is 1.43 bits per heavy atom. The van der Waals surface area contributed by atoms with Gasteiger partial charge < -0.3 is 5.73 Å². The van der Waals surface area contributed by atoms with Gasteiger partial charge in [0.15, 0.2) is 0 Å². The van der Waals surface area contributed by atoms with E-state index in [0.717, 1.165) is 22.0 Å². The number of alkyl halides is 1. The van der Waals surface area contributed by atoms with Gasteiger partial charge in [-0.15, -0.1) is 22.9 Å². The highest BCUT2D eigenvalue weighted by Gasteiger charge is 2.03. The molecular formula is C10H9ClN2S. The summed E-state index contributed by atoms with van der Waals surface area (Å²) in [6, 6.07) is 7.69. The molecule has 0 fully saturated rings. The highest BCUT2D eigenvalue weighted by molar-refractivity contribution is 7.13. The minimum absolute atomic E-state index is 0.457. The van der Waals surface area contributed by atoms with Crippen LogP contribution < -0.4 is 5.73 Å². The predicted molar refractivity (Wildman–Crippen MR) is 61.5 cm³/mol. The maximum absolute atomic E-state index is 5.69. The maximum Gasteiger partial charge on any atom is 0.123 e. The van der Waals surface area contributed by atoms with E-state index in [-0.39, 0.29) is 0 Å². The van der Waals surface area contributed by atoms with Crippen molar-refractivity contribution in [1.82, 2.24) is 4.98 Å². The molecule has 0 amide bonds. The summed E-state index contributed by atoms with van der Waals surface area (Å²) in [6.45, 7) is 0. The molecule has 72 valence electrons. The number of hydrogen-bond donors (Lipinski definition) is 1. The molecule has 2 N–H and O–H groups in total. The number of benzene rings is 1. The summed E-state index contributed by atoms with van der Waals surface area (Å²) >= 11 is 7.26. The molecule has 1 aromatic carbocycles. The molecule has 2 aromatic rings. The molecule has 0 radical (unpaired) electrons. The Balaban J connectivity index is 2.39. The van der Waals surface area contributed by atoms with E-state index in [4.69, 9.17) is 17.3 Å². The third-order valence-corrected chi connectivity index (χ3v) is 3.04. The van der Waals surface area contributed by atoms with E-state index >= 15 is 0 Å². The summed E-state index contributed by atoms with van der Waals surface area (Å²) in [7, 11) is 0. The van der Waals surface area contributed by atoms with Crippen LogP contribution in [-0.2, 0) is 5.88 Å². The van der Waals surface area contributed by atoms with Gasteiger partial charge in [-0.1, -0.05) is 12.1 Å². The normalized spacial score (nSPS) is 10.4. The van der Waals surface area contributed by atoms with Crippen LogP contribution in [0.5, 0.6) is 0 Å². The van der Waals surface area contributed by atoms with Gasteiger partial charge in [0.05, 0.1) is 11.6 Å². The minimum atomic E-state index is 0.457. The van der Waals surface area contributed by atoms with Crippen LogP contribution in [0, 0.1) is 0 Å². The summed E-state index contributed by atoms with van der Waals surface area (Å²) in [6.07, 6.45) is 0. The smallest absolute Gasteiger partial charge is 0.123 e. The first-order chi connectivity index (χ1) is 6.79. The average Bonchev–Trinajstić information content (AvgIpc) is 2.66. The molecular weight excluding hydrogens is 216 g/mol. The number of nitrogens with zero attached hydrogens (tertiary/aromatic N) is 1. The van der Waals surface area contributed by atoms with Gasteiger partial charge in [0.2, 0.25) is 0 Å². The number of halogens is 1. The van der Waals surface area contributed by atoms with Crippen LogP contribution in [0.25, 0.3) is 10.6 Å². The van der Waals surface area contributed by atoms with Crippen LogP contribution in [0.4, 0.5) is 5.69 Å². The fourth-order valence-corrected chi connectivity index (χ4v) is 2.22. The minimum Gasteiger partial charge on any atom is -0.399 e. The number of nitrogen functional groups attached to an aromatic ring is 1. The molecule has 2 rings (SSSR count). The van der Waals surface area contributed by atoms with Crippen molar-refractivity contribution in [2.45, 2.75) is 5.88 Å². The summed E-state index contributed by atoms with van der Waals surface area (Å²) in [5.41, 5.74) is 8.40. The van der Waals surface area contributed by atoms with E-state index in [9.17, 15) is 0 Å². The van der Waals surface area contributed by atoms with E-state index in [1.807, 2.05) is 29.6 Å². The third-order valence-electron chi connectivity index (χ3n) is 1.82. The predicted octanol–water partition coefficient (Wildman–Crippen LogP) is 3.13. The summed E-state index contributed by atoms with van der Waals surface area (Å²) < 4.78 is 0. The SMILES string of the molecule is Nc1cccc(-c2nc(CCl)cs2)c1. The molecule has 0 aliphatic rings. The van der Waals surface area contributed by atoms with Crippen LogP contribution in [0.1, 0.15) is 5.69 Å². The number of aromatic nitrogens is 1. The third kappa shape index (κ3) is 1.89. The Bertz CT molecular complexity index is 439. The molecule has 4 heteroatoms. The summed E-state index contributed by atoms with van der Waals surface area (Å²) in [4.78, 5) is 4.37. The van der Waals surface area contributed by atoms with Gasteiger partial charge in [-0.3, -0.25) is 0 Å². The Kier molecular flexibility index (Phi) is 2.70. The van der Waals surface area contributed by atoms with Gasteiger partial charge in [-0.05, 0) is 12.1 Å². The maximum atomic E-state index is 5.69. The Morgan fingerprint density at radius 3 is 2.93 bits per heavy atom. The fourth-order valence-electron chi connectivity index (χ4n) is 1.17. The molecule has 1 aromatic heterocycles. The molecule has 0 atom stereocenters. The van der Waals surface area contributed by atoms with Crippen LogP contribution in [0.15, 0.2) is 29.6 Å². The molecule has 0 aliphatic heterocycles. The second-order valence-corrected chi connectivity index (χ2v) is 4.03. The zero-order valence-corrected chi connectivity index (χ0v) is 8.98. The quantitative estimate of drug-likeness (QED) is 0.629. The van der Waals surface area contributed by atoms with Crippen molar-refractivity contribution in [3.63, 3.8) is 0 Å². The molecule has 0 spiro atoms. The van der Waals surface area contributed by atoms with Crippen molar-refractivity contribution < 1.29 is 0 Å². The van der Waals surface area contributed by atoms with Crippen LogP contribution >= 0.6 is 22.9 Å². The highest BCUT2D eigenvalue weighted by Crippen LogP contribution is 2.25. The van der Waals surface area contributed by atoms with Gasteiger partial charge in [-0.2, -0.15) is 0 Å². The molecule has 14 heavy (non-hydrogen) atoms. The highest BCUT2D eigenvalue weighted by atomic mass is 35.5. The topological polar surface area (TPSA) is 38.9 Å². The first-order valence-corrected chi connectivity index (χ1v) is 5.57. The molecule has 2 nitrogen and oxygen atoms in total. The number of anilines is 1. The van der Waals surface area contributed by atoms with E-state index in [1.165, 1.54) is 0 Å². The standard InChI is InChI=1S/C10H9ClN2S/c11-5-9-6-14-10(13-9)7-2-1-3-8(12)4-7/h1-4,6H,5,12H2. The Hall–Kier alpha value is -1.06. The average molecular weight is 225 g/mol. The lowest BCUT2D eigenvalue weighted by Gasteiger charge is -1.96. The summed E-state index contributed by atoms with van der Waals surface area (Å²) in [5, 5.41) is 2.93. The van der Waals surface area contributed by atoms with Crippen LogP contribution in [0.3, 0.4) is 0 Å².